The Kier molecular flexibility index (Phi) is 3.09. The first kappa shape index (κ1) is 12.8. The van der Waals surface area contributed by atoms with E-state index in [0.717, 1.165) is 5.56 Å². The van der Waals surface area contributed by atoms with Gasteiger partial charge in [-0.15, -0.1) is 0 Å². The minimum absolute atomic E-state index is 0.382. The van der Waals surface area contributed by atoms with Gasteiger partial charge in [-0.25, -0.2) is 0 Å². The summed E-state index contributed by atoms with van der Waals surface area (Å²) in [7, 11) is 0. The lowest BCUT2D eigenvalue weighted by molar-refractivity contribution is -0.114. The molecule has 1 N–H and O–H groups in total. The predicted molar refractivity (Wildman–Crippen MR) is 77.9 cm³/mol. The summed E-state index contributed by atoms with van der Waals surface area (Å²) in [6.45, 7) is 0. The maximum absolute atomic E-state index is 12.0. The summed E-state index contributed by atoms with van der Waals surface area (Å²) >= 11 is 0. The number of benzene rings is 2. The minimum atomic E-state index is -0.414. The van der Waals surface area contributed by atoms with Crippen molar-refractivity contribution in [3.8, 4) is 6.07 Å². The highest BCUT2D eigenvalue weighted by atomic mass is 16.2. The number of hydrogen-bond acceptors (Lipinski definition) is 3. The highest BCUT2D eigenvalue weighted by molar-refractivity contribution is 6.33. The number of carbonyl (C=O) groups is 2. The highest BCUT2D eigenvalue weighted by Gasteiger charge is 2.26. The Morgan fingerprint density at radius 3 is 2.24 bits per heavy atom. The van der Waals surface area contributed by atoms with Gasteiger partial charge in [0, 0.05) is 11.1 Å². The number of carbonyl (C=O) groups excluding carboxylic acids is 2. The molecule has 2 amide bonds. The summed E-state index contributed by atoms with van der Waals surface area (Å²) in [6, 6.07) is 15.9. The summed E-state index contributed by atoms with van der Waals surface area (Å²) in [4.78, 5) is 23.8. The SMILES string of the molecule is N#Cc1ccc(C=C2C(=O)NC(=O)c3ccccc32)cc1. The minimum Gasteiger partial charge on any atom is -0.288 e. The number of amides is 2. The Labute approximate surface area is 121 Å². The van der Waals surface area contributed by atoms with Gasteiger partial charge < -0.3 is 0 Å². The number of hydrogen-bond donors (Lipinski definition) is 1. The fraction of sp³-hybridized carbons (Fsp3) is 0. The van der Waals surface area contributed by atoms with Gasteiger partial charge in [0.2, 0.25) is 0 Å². The average molecular weight is 274 g/mol. The molecule has 2 aromatic rings. The Morgan fingerprint density at radius 2 is 1.57 bits per heavy atom. The topological polar surface area (TPSA) is 70.0 Å². The lowest BCUT2D eigenvalue weighted by Gasteiger charge is -2.17. The summed E-state index contributed by atoms with van der Waals surface area (Å²) in [6.07, 6.45) is 1.71. The Hall–Kier alpha value is -3.19. The highest BCUT2D eigenvalue weighted by Crippen LogP contribution is 2.25. The number of nitrogens with one attached hydrogen (secondary N) is 1. The molecular formula is C17H10N2O2. The third-order valence-electron chi connectivity index (χ3n) is 3.28. The first-order chi connectivity index (χ1) is 10.2. The number of imide groups is 1. The van der Waals surface area contributed by atoms with Crippen molar-refractivity contribution >= 4 is 23.5 Å². The third kappa shape index (κ3) is 2.33. The van der Waals surface area contributed by atoms with E-state index in [1.165, 1.54) is 0 Å². The van der Waals surface area contributed by atoms with Crippen LogP contribution >= 0.6 is 0 Å². The maximum atomic E-state index is 12.0. The molecule has 21 heavy (non-hydrogen) atoms. The van der Waals surface area contributed by atoms with Crippen molar-refractivity contribution in [2.24, 2.45) is 0 Å². The van der Waals surface area contributed by atoms with Gasteiger partial charge in [0.15, 0.2) is 0 Å². The van der Waals surface area contributed by atoms with Crippen molar-refractivity contribution in [1.29, 1.82) is 5.26 Å². The lowest BCUT2D eigenvalue weighted by Crippen LogP contribution is -2.36. The molecule has 0 saturated heterocycles. The van der Waals surface area contributed by atoms with Crippen molar-refractivity contribution in [3.05, 3.63) is 70.8 Å². The molecule has 0 radical (unpaired) electrons. The molecular weight excluding hydrogens is 264 g/mol. The van der Waals surface area contributed by atoms with E-state index in [1.54, 1.807) is 54.6 Å². The van der Waals surface area contributed by atoms with Crippen LogP contribution in [-0.4, -0.2) is 11.8 Å². The molecule has 0 fully saturated rings. The van der Waals surface area contributed by atoms with Crippen LogP contribution in [0.5, 0.6) is 0 Å². The molecule has 3 rings (SSSR count). The van der Waals surface area contributed by atoms with E-state index in [1.807, 2.05) is 6.07 Å². The van der Waals surface area contributed by atoms with E-state index in [-0.39, 0.29) is 5.91 Å². The van der Waals surface area contributed by atoms with Crippen LogP contribution in [0.25, 0.3) is 11.6 Å². The van der Waals surface area contributed by atoms with Crippen LogP contribution in [0, 0.1) is 11.3 Å². The molecule has 0 spiro atoms. The zero-order valence-corrected chi connectivity index (χ0v) is 11.0. The van der Waals surface area contributed by atoms with Gasteiger partial charge in [0.25, 0.3) is 11.8 Å². The first-order valence-corrected chi connectivity index (χ1v) is 6.36. The second-order valence-electron chi connectivity index (χ2n) is 4.62. The monoisotopic (exact) mass is 274 g/mol. The van der Waals surface area contributed by atoms with Gasteiger partial charge in [-0.3, -0.25) is 14.9 Å². The van der Waals surface area contributed by atoms with Crippen LogP contribution in [-0.2, 0) is 4.79 Å². The molecule has 2 aromatic carbocycles. The van der Waals surface area contributed by atoms with Crippen molar-refractivity contribution in [1.82, 2.24) is 5.32 Å². The second kappa shape index (κ2) is 5.06. The Bertz CT molecular complexity index is 811. The normalized spacial score (nSPS) is 15.3. The molecule has 1 heterocycles. The fourth-order valence-corrected chi connectivity index (χ4v) is 2.24. The average Bonchev–Trinajstić information content (AvgIpc) is 2.52. The largest absolute Gasteiger partial charge is 0.288 e. The standard InChI is InChI=1S/C17H10N2O2/c18-10-12-7-5-11(6-8-12)9-15-13-3-1-2-4-14(13)16(20)19-17(15)21/h1-9H,(H,19,20,21). The molecule has 0 atom stereocenters. The van der Waals surface area contributed by atoms with Gasteiger partial charge >= 0.3 is 0 Å². The molecule has 0 aliphatic carbocycles. The molecule has 0 aromatic heterocycles. The smallest absolute Gasteiger partial charge is 0.258 e. The number of nitrogens with zero attached hydrogens (tertiary/aromatic N) is 1. The number of fused-ring (bicyclic) bond motifs is 1. The summed E-state index contributed by atoms with van der Waals surface area (Å²) in [5.41, 5.74) is 2.90. The molecule has 0 unspecified atom stereocenters. The van der Waals surface area contributed by atoms with Crippen LogP contribution in [0.3, 0.4) is 0 Å². The van der Waals surface area contributed by atoms with Crippen molar-refractivity contribution < 1.29 is 9.59 Å². The van der Waals surface area contributed by atoms with Crippen molar-refractivity contribution in [2.45, 2.75) is 0 Å². The van der Waals surface area contributed by atoms with E-state index in [2.05, 4.69) is 5.32 Å². The number of rotatable bonds is 1. The van der Waals surface area contributed by atoms with Crippen LogP contribution < -0.4 is 5.32 Å². The zero-order chi connectivity index (χ0) is 14.8. The fourth-order valence-electron chi connectivity index (χ4n) is 2.24. The van der Waals surface area contributed by atoms with Crippen LogP contribution in [0.2, 0.25) is 0 Å². The van der Waals surface area contributed by atoms with Crippen LogP contribution in [0.4, 0.5) is 0 Å². The van der Waals surface area contributed by atoms with E-state index in [4.69, 9.17) is 5.26 Å². The summed E-state index contributed by atoms with van der Waals surface area (Å²) < 4.78 is 0. The van der Waals surface area contributed by atoms with E-state index in [0.29, 0.717) is 22.3 Å². The Balaban J connectivity index is 2.10. The summed E-state index contributed by atoms with van der Waals surface area (Å²) in [5.74, 6) is -0.796. The van der Waals surface area contributed by atoms with Gasteiger partial charge in [-0.1, -0.05) is 30.3 Å². The van der Waals surface area contributed by atoms with Crippen LogP contribution in [0.1, 0.15) is 27.0 Å². The zero-order valence-electron chi connectivity index (χ0n) is 11.0. The molecule has 1 aliphatic rings. The predicted octanol–water partition coefficient (Wildman–Crippen LogP) is 2.37. The van der Waals surface area contributed by atoms with Gasteiger partial charge in [-0.05, 0) is 35.4 Å². The maximum Gasteiger partial charge on any atom is 0.258 e. The first-order valence-electron chi connectivity index (χ1n) is 6.36. The van der Waals surface area contributed by atoms with Crippen molar-refractivity contribution in [2.75, 3.05) is 0 Å². The lowest BCUT2D eigenvalue weighted by atomic mass is 9.93. The van der Waals surface area contributed by atoms with E-state index in [9.17, 15) is 9.59 Å². The van der Waals surface area contributed by atoms with Crippen molar-refractivity contribution in [3.63, 3.8) is 0 Å². The molecule has 1 aliphatic heterocycles. The molecule has 4 nitrogen and oxygen atoms in total. The number of nitriles is 1. The van der Waals surface area contributed by atoms with Gasteiger partial charge in [0.05, 0.1) is 11.6 Å². The van der Waals surface area contributed by atoms with Gasteiger partial charge in [0.1, 0.15) is 0 Å². The molecule has 0 saturated carbocycles. The second-order valence-corrected chi connectivity index (χ2v) is 4.62. The molecule has 4 heteroatoms. The third-order valence-corrected chi connectivity index (χ3v) is 3.28. The summed E-state index contributed by atoms with van der Waals surface area (Å²) in [5, 5.41) is 11.1. The van der Waals surface area contributed by atoms with Gasteiger partial charge in [-0.2, -0.15) is 5.26 Å². The van der Waals surface area contributed by atoms with E-state index >= 15 is 0 Å². The van der Waals surface area contributed by atoms with Crippen LogP contribution in [0.15, 0.2) is 48.5 Å². The molecule has 100 valence electrons. The molecule has 0 bridgehead atoms. The van der Waals surface area contributed by atoms with E-state index < -0.39 is 5.91 Å². The Morgan fingerprint density at radius 1 is 0.905 bits per heavy atom. The quantitative estimate of drug-likeness (QED) is 0.641.